The Balaban J connectivity index is 1.76. The number of halogens is 2. The van der Waals surface area contributed by atoms with Crippen molar-refractivity contribution in [3.63, 3.8) is 0 Å². The molecule has 4 aromatic rings. The van der Waals surface area contributed by atoms with Crippen molar-refractivity contribution in [2.45, 2.75) is 13.5 Å². The molecule has 0 saturated carbocycles. The van der Waals surface area contributed by atoms with Gasteiger partial charge in [0.1, 0.15) is 11.6 Å². The minimum absolute atomic E-state index is 0.338. The van der Waals surface area contributed by atoms with E-state index in [1.54, 1.807) is 35.1 Å². The van der Waals surface area contributed by atoms with Crippen LogP contribution in [0.1, 0.15) is 11.3 Å². The fraction of sp³-hybridized carbons (Fsp3) is 0.118. The summed E-state index contributed by atoms with van der Waals surface area (Å²) in [6.07, 6.45) is 1.78. The molecule has 1 aromatic carbocycles. The van der Waals surface area contributed by atoms with Gasteiger partial charge in [-0.15, -0.1) is 0 Å². The lowest BCUT2D eigenvalue weighted by Crippen LogP contribution is -2.01. The minimum atomic E-state index is 0.338. The van der Waals surface area contributed by atoms with E-state index in [2.05, 4.69) is 15.1 Å². The van der Waals surface area contributed by atoms with Gasteiger partial charge in [-0.2, -0.15) is 5.10 Å². The maximum atomic E-state index is 6.23. The molecule has 0 amide bonds. The van der Waals surface area contributed by atoms with E-state index in [9.17, 15) is 0 Å². The monoisotopic (exact) mass is 373 g/mol. The van der Waals surface area contributed by atoms with Crippen LogP contribution in [0.25, 0.3) is 22.6 Å². The Morgan fingerprint density at radius 3 is 2.56 bits per heavy atom. The second-order valence-corrected chi connectivity index (χ2v) is 6.42. The molecule has 4 rings (SSSR count). The van der Waals surface area contributed by atoms with Crippen molar-refractivity contribution >= 4 is 40.1 Å². The van der Waals surface area contributed by atoms with Crippen LogP contribution in [0.2, 0.25) is 10.0 Å². The van der Waals surface area contributed by atoms with Gasteiger partial charge in [-0.25, -0.2) is 9.97 Å². The second kappa shape index (κ2) is 6.06. The number of furan rings is 1. The molecule has 0 bridgehead atoms. The number of rotatable bonds is 3. The number of benzene rings is 1. The van der Waals surface area contributed by atoms with Crippen LogP contribution in [0.3, 0.4) is 0 Å². The van der Waals surface area contributed by atoms with E-state index in [0.717, 1.165) is 11.3 Å². The molecule has 8 heteroatoms. The molecule has 6 nitrogen and oxygen atoms in total. The van der Waals surface area contributed by atoms with Gasteiger partial charge in [0.25, 0.3) is 0 Å². The Morgan fingerprint density at radius 2 is 1.88 bits per heavy atom. The molecule has 3 aromatic heterocycles. The highest BCUT2D eigenvalue weighted by molar-refractivity contribution is 6.35. The summed E-state index contributed by atoms with van der Waals surface area (Å²) >= 11 is 12.5. The van der Waals surface area contributed by atoms with Gasteiger partial charge in [0.2, 0.25) is 0 Å². The summed E-state index contributed by atoms with van der Waals surface area (Å²) in [6, 6.07) is 9.03. The summed E-state index contributed by atoms with van der Waals surface area (Å²) in [4.78, 5) is 8.75. The summed E-state index contributed by atoms with van der Waals surface area (Å²) in [5, 5.41) is 6.30. The molecule has 2 N–H and O–H groups in total. The van der Waals surface area contributed by atoms with Gasteiger partial charge in [0, 0.05) is 21.8 Å². The Bertz CT molecular complexity index is 1070. The van der Waals surface area contributed by atoms with Gasteiger partial charge in [-0.05, 0) is 31.2 Å². The van der Waals surface area contributed by atoms with E-state index in [-0.39, 0.29) is 0 Å². The van der Waals surface area contributed by atoms with E-state index < -0.39 is 0 Å². The average Bonchev–Trinajstić information content (AvgIpc) is 3.17. The largest absolute Gasteiger partial charge is 0.458 e. The quantitative estimate of drug-likeness (QED) is 0.577. The Labute approximate surface area is 153 Å². The third-order valence-corrected chi connectivity index (χ3v) is 4.51. The number of nitrogens with two attached hydrogens (primary N) is 1. The number of hydrogen-bond acceptors (Lipinski definition) is 5. The zero-order chi connectivity index (χ0) is 17.6. The van der Waals surface area contributed by atoms with Crippen LogP contribution in [0.5, 0.6) is 0 Å². The van der Waals surface area contributed by atoms with Crippen LogP contribution < -0.4 is 5.73 Å². The smallest absolute Gasteiger partial charge is 0.199 e. The van der Waals surface area contributed by atoms with E-state index in [0.29, 0.717) is 45.0 Å². The van der Waals surface area contributed by atoms with Gasteiger partial charge in [0.15, 0.2) is 17.2 Å². The zero-order valence-corrected chi connectivity index (χ0v) is 14.7. The molecule has 0 radical (unpaired) electrons. The lowest BCUT2D eigenvalue weighted by molar-refractivity contribution is 0.544. The highest BCUT2D eigenvalue weighted by Gasteiger charge is 2.14. The summed E-state index contributed by atoms with van der Waals surface area (Å²) < 4.78 is 7.25. The molecule has 0 atom stereocenters. The molecule has 0 saturated heterocycles. The molecule has 0 aliphatic rings. The zero-order valence-electron chi connectivity index (χ0n) is 13.2. The third kappa shape index (κ3) is 2.94. The van der Waals surface area contributed by atoms with Crippen molar-refractivity contribution in [1.82, 2.24) is 19.7 Å². The number of aromatic nitrogens is 4. The molecular weight excluding hydrogens is 361 g/mol. The number of aryl methyl sites for hydroxylation is 1. The third-order valence-electron chi connectivity index (χ3n) is 3.80. The number of fused-ring (bicyclic) bond motifs is 1. The predicted octanol–water partition coefficient (Wildman–Crippen LogP) is 4.33. The van der Waals surface area contributed by atoms with E-state index in [4.69, 9.17) is 33.4 Å². The van der Waals surface area contributed by atoms with Gasteiger partial charge in [-0.3, -0.25) is 4.68 Å². The lowest BCUT2D eigenvalue weighted by Gasteiger charge is -2.06. The molecule has 25 heavy (non-hydrogen) atoms. The van der Waals surface area contributed by atoms with E-state index in [1.165, 1.54) is 0 Å². The summed E-state index contributed by atoms with van der Waals surface area (Å²) in [7, 11) is 0. The van der Waals surface area contributed by atoms with Crippen molar-refractivity contribution in [3.05, 3.63) is 57.9 Å². The van der Waals surface area contributed by atoms with Crippen LogP contribution >= 0.6 is 23.2 Å². The number of anilines is 1. The van der Waals surface area contributed by atoms with Crippen LogP contribution in [0.4, 0.5) is 5.82 Å². The van der Waals surface area contributed by atoms with E-state index >= 15 is 0 Å². The molecule has 0 aliphatic heterocycles. The van der Waals surface area contributed by atoms with Crippen molar-refractivity contribution < 1.29 is 4.42 Å². The van der Waals surface area contributed by atoms with Gasteiger partial charge in [0.05, 0.1) is 11.9 Å². The second-order valence-electron chi connectivity index (χ2n) is 5.61. The van der Waals surface area contributed by atoms with Crippen molar-refractivity contribution in [3.8, 4) is 11.6 Å². The summed E-state index contributed by atoms with van der Waals surface area (Å²) in [5.41, 5.74) is 7.34. The molecule has 0 aliphatic carbocycles. The Morgan fingerprint density at radius 1 is 1.12 bits per heavy atom. The molecule has 0 fully saturated rings. The van der Waals surface area contributed by atoms with Gasteiger partial charge >= 0.3 is 0 Å². The van der Waals surface area contributed by atoms with Crippen molar-refractivity contribution in [2.75, 3.05) is 5.73 Å². The van der Waals surface area contributed by atoms with Crippen molar-refractivity contribution in [1.29, 1.82) is 0 Å². The van der Waals surface area contributed by atoms with Crippen LogP contribution in [-0.4, -0.2) is 19.7 Å². The number of nitrogen functional groups attached to an aromatic ring is 1. The SMILES string of the molecule is Cc1ccc(-c2nc(N)c3cn(Cc4c(Cl)cccc4Cl)nc3n2)o1. The normalized spacial score (nSPS) is 11.3. The molecule has 0 unspecified atom stereocenters. The Hall–Kier alpha value is -2.57. The first-order valence-electron chi connectivity index (χ1n) is 7.51. The topological polar surface area (TPSA) is 82.8 Å². The fourth-order valence-electron chi connectivity index (χ4n) is 2.57. The van der Waals surface area contributed by atoms with Crippen LogP contribution in [0, 0.1) is 6.92 Å². The summed E-state index contributed by atoms with van der Waals surface area (Å²) in [5.74, 6) is 2.07. The Kier molecular flexibility index (Phi) is 3.86. The predicted molar refractivity (Wildman–Crippen MR) is 97.7 cm³/mol. The fourth-order valence-corrected chi connectivity index (χ4v) is 3.08. The minimum Gasteiger partial charge on any atom is -0.458 e. The first-order chi connectivity index (χ1) is 12.0. The molecule has 126 valence electrons. The lowest BCUT2D eigenvalue weighted by atomic mass is 10.2. The molecule has 0 spiro atoms. The highest BCUT2D eigenvalue weighted by Crippen LogP contribution is 2.27. The summed E-state index contributed by atoms with van der Waals surface area (Å²) in [6.45, 7) is 2.26. The average molecular weight is 374 g/mol. The van der Waals surface area contributed by atoms with Gasteiger partial charge < -0.3 is 10.2 Å². The maximum absolute atomic E-state index is 6.23. The van der Waals surface area contributed by atoms with Crippen LogP contribution in [-0.2, 0) is 6.54 Å². The van der Waals surface area contributed by atoms with Crippen molar-refractivity contribution in [2.24, 2.45) is 0 Å². The molecule has 3 heterocycles. The highest BCUT2D eigenvalue weighted by atomic mass is 35.5. The first kappa shape index (κ1) is 15.9. The van der Waals surface area contributed by atoms with Gasteiger partial charge in [-0.1, -0.05) is 29.3 Å². The van der Waals surface area contributed by atoms with Crippen LogP contribution in [0.15, 0.2) is 40.9 Å². The first-order valence-corrected chi connectivity index (χ1v) is 8.27. The number of hydrogen-bond donors (Lipinski definition) is 1. The standard InChI is InChI=1S/C17H13Cl2N5O/c1-9-5-6-14(25-9)17-21-15(20)11-8-24(23-16(11)22-17)7-10-12(18)3-2-4-13(10)19/h2-6,8H,7H2,1H3,(H2,20,21,22,23). The maximum Gasteiger partial charge on any atom is 0.199 e. The van der Waals surface area contributed by atoms with E-state index in [1.807, 2.05) is 13.0 Å². The molecular formula is C17H13Cl2N5O. The number of nitrogens with zero attached hydrogens (tertiary/aromatic N) is 4.